The first kappa shape index (κ1) is 20.7. The van der Waals surface area contributed by atoms with Crippen molar-refractivity contribution >= 4 is 33.8 Å². The van der Waals surface area contributed by atoms with Crippen LogP contribution >= 0.6 is 15.9 Å². The van der Waals surface area contributed by atoms with Crippen LogP contribution in [0.25, 0.3) is 6.08 Å². The van der Waals surface area contributed by atoms with Gasteiger partial charge in [0.1, 0.15) is 11.4 Å². The molecule has 6 nitrogen and oxygen atoms in total. The first-order chi connectivity index (χ1) is 13.0. The number of halogens is 1. The summed E-state index contributed by atoms with van der Waals surface area (Å²) < 4.78 is 5.98. The molecule has 2 aromatic carbocycles. The van der Waals surface area contributed by atoms with Gasteiger partial charge in [-0.2, -0.15) is 0 Å². The van der Waals surface area contributed by atoms with Crippen LogP contribution < -0.4 is 15.4 Å². The monoisotopic (exact) mass is 432 g/mol. The lowest BCUT2D eigenvalue weighted by atomic mass is 10.1. The summed E-state index contributed by atoms with van der Waals surface area (Å²) in [4.78, 5) is 24.9. The number of rotatable bonds is 8. The molecule has 0 atom stereocenters. The minimum atomic E-state index is -0.426. The van der Waals surface area contributed by atoms with Crippen molar-refractivity contribution in [1.82, 2.24) is 10.6 Å². The fourth-order valence-electron chi connectivity index (χ4n) is 2.20. The molecule has 0 aliphatic rings. The summed E-state index contributed by atoms with van der Waals surface area (Å²) in [5, 5.41) is 14.2. The number of hydrogen-bond acceptors (Lipinski definition) is 4. The predicted octanol–water partition coefficient (Wildman–Crippen LogP) is 2.73. The van der Waals surface area contributed by atoms with Crippen molar-refractivity contribution in [2.24, 2.45) is 0 Å². The normalized spacial score (nSPS) is 11.0. The lowest BCUT2D eigenvalue weighted by Gasteiger charge is -2.11. The average molecular weight is 433 g/mol. The van der Waals surface area contributed by atoms with Crippen LogP contribution in [0.4, 0.5) is 0 Å². The van der Waals surface area contributed by atoms with Gasteiger partial charge in [0.25, 0.3) is 11.8 Å². The molecule has 0 aliphatic carbocycles. The van der Waals surface area contributed by atoms with Gasteiger partial charge in [-0.1, -0.05) is 28.1 Å². The van der Waals surface area contributed by atoms with E-state index >= 15 is 0 Å². The second-order valence-corrected chi connectivity index (χ2v) is 6.54. The third kappa shape index (κ3) is 6.54. The van der Waals surface area contributed by atoms with Gasteiger partial charge in [-0.3, -0.25) is 9.59 Å². The van der Waals surface area contributed by atoms with Gasteiger partial charge in [0.05, 0.1) is 7.11 Å². The number of carbonyl (C=O) groups is 2. The Kier molecular flexibility index (Phi) is 8.03. The van der Waals surface area contributed by atoms with Crippen LogP contribution in [0.3, 0.4) is 0 Å². The van der Waals surface area contributed by atoms with E-state index in [-0.39, 0.29) is 18.2 Å². The first-order valence-electron chi connectivity index (χ1n) is 8.35. The molecular weight excluding hydrogens is 412 g/mol. The van der Waals surface area contributed by atoms with Crippen molar-refractivity contribution in [1.29, 1.82) is 0 Å². The van der Waals surface area contributed by atoms with Gasteiger partial charge in [0, 0.05) is 23.2 Å². The summed E-state index contributed by atoms with van der Waals surface area (Å²) in [6.07, 6.45) is 2.02. The maximum Gasteiger partial charge on any atom is 0.267 e. The Bertz CT molecular complexity index is 802. The van der Waals surface area contributed by atoms with Crippen LogP contribution in [0.1, 0.15) is 22.3 Å². The van der Waals surface area contributed by atoms with Crippen LogP contribution in [0.2, 0.25) is 0 Å². The van der Waals surface area contributed by atoms with Crippen LogP contribution in [0.5, 0.6) is 5.75 Å². The van der Waals surface area contributed by atoms with E-state index in [9.17, 15) is 9.59 Å². The van der Waals surface area contributed by atoms with Crippen molar-refractivity contribution < 1.29 is 19.4 Å². The zero-order valence-electron chi connectivity index (χ0n) is 14.9. The zero-order chi connectivity index (χ0) is 19.6. The molecule has 2 rings (SSSR count). The molecule has 0 unspecified atom stereocenters. The number of carbonyl (C=O) groups excluding carboxylic acids is 2. The highest BCUT2D eigenvalue weighted by molar-refractivity contribution is 9.10. The smallest absolute Gasteiger partial charge is 0.267 e. The van der Waals surface area contributed by atoms with E-state index in [1.165, 1.54) is 0 Å². The molecule has 3 N–H and O–H groups in total. The summed E-state index contributed by atoms with van der Waals surface area (Å²) in [5.41, 5.74) is 1.28. The number of aliphatic hydroxyl groups excluding tert-OH is 1. The number of ether oxygens (including phenoxy) is 1. The molecule has 0 fully saturated rings. The van der Waals surface area contributed by atoms with Gasteiger partial charge >= 0.3 is 0 Å². The van der Waals surface area contributed by atoms with Gasteiger partial charge in [-0.15, -0.1) is 0 Å². The van der Waals surface area contributed by atoms with E-state index in [1.54, 1.807) is 61.7 Å². The molecule has 0 aliphatic heterocycles. The summed E-state index contributed by atoms with van der Waals surface area (Å²) in [5.74, 6) is -0.121. The molecule has 0 radical (unpaired) electrons. The Morgan fingerprint density at radius 2 is 1.78 bits per heavy atom. The molecule has 0 bridgehead atoms. The number of aliphatic hydroxyl groups is 1. The molecule has 142 valence electrons. The average Bonchev–Trinajstić information content (AvgIpc) is 2.68. The van der Waals surface area contributed by atoms with Crippen molar-refractivity contribution in [2.75, 3.05) is 20.3 Å². The minimum Gasteiger partial charge on any atom is -0.497 e. The van der Waals surface area contributed by atoms with E-state index in [0.29, 0.717) is 24.3 Å². The molecule has 2 aromatic rings. The highest BCUT2D eigenvalue weighted by Gasteiger charge is 2.14. The summed E-state index contributed by atoms with van der Waals surface area (Å²) in [7, 11) is 1.57. The zero-order valence-corrected chi connectivity index (χ0v) is 16.5. The lowest BCUT2D eigenvalue weighted by Crippen LogP contribution is -2.35. The van der Waals surface area contributed by atoms with Gasteiger partial charge < -0.3 is 20.5 Å². The van der Waals surface area contributed by atoms with Gasteiger partial charge in [-0.05, 0) is 54.5 Å². The molecule has 0 heterocycles. The summed E-state index contributed by atoms with van der Waals surface area (Å²) in [6.45, 7) is 0.284. The molecule has 0 saturated heterocycles. The Morgan fingerprint density at radius 3 is 2.37 bits per heavy atom. The van der Waals surface area contributed by atoms with Crippen LogP contribution in [0.15, 0.2) is 58.7 Å². The maximum absolute atomic E-state index is 12.5. The first-order valence-corrected chi connectivity index (χ1v) is 9.14. The van der Waals surface area contributed by atoms with E-state index in [2.05, 4.69) is 26.6 Å². The molecule has 0 spiro atoms. The minimum absolute atomic E-state index is 0.0247. The number of hydrogen-bond donors (Lipinski definition) is 3. The molecule has 2 amide bonds. The van der Waals surface area contributed by atoms with Crippen molar-refractivity contribution in [2.45, 2.75) is 6.42 Å². The van der Waals surface area contributed by atoms with Crippen molar-refractivity contribution in [3.63, 3.8) is 0 Å². The van der Waals surface area contributed by atoms with Crippen LogP contribution in [-0.2, 0) is 4.79 Å². The standard InChI is InChI=1S/C20H21BrN2O4/c1-27-17-9-3-14(4-10-17)13-18(20(26)22-11-2-12-24)23-19(25)15-5-7-16(21)8-6-15/h3-10,13,24H,2,11-12H2,1H3,(H,22,26)(H,23,25). The summed E-state index contributed by atoms with van der Waals surface area (Å²) in [6, 6.07) is 13.9. The van der Waals surface area contributed by atoms with Gasteiger partial charge in [-0.25, -0.2) is 0 Å². The van der Waals surface area contributed by atoms with E-state index < -0.39 is 5.91 Å². The third-order valence-corrected chi connectivity index (χ3v) is 4.18. The van der Waals surface area contributed by atoms with Crippen LogP contribution in [-0.4, -0.2) is 37.2 Å². The molecule has 0 aromatic heterocycles. The number of methoxy groups -OCH3 is 1. The Labute approximate surface area is 166 Å². The number of benzene rings is 2. The number of amides is 2. The topological polar surface area (TPSA) is 87.7 Å². The molecule has 0 saturated carbocycles. The van der Waals surface area contributed by atoms with E-state index in [1.807, 2.05) is 0 Å². The fraction of sp³-hybridized carbons (Fsp3) is 0.200. The van der Waals surface area contributed by atoms with Crippen molar-refractivity contribution in [3.05, 3.63) is 69.8 Å². The Balaban J connectivity index is 2.22. The number of nitrogens with one attached hydrogen (secondary N) is 2. The van der Waals surface area contributed by atoms with Crippen LogP contribution in [0, 0.1) is 0 Å². The highest BCUT2D eigenvalue weighted by Crippen LogP contribution is 2.14. The molecule has 27 heavy (non-hydrogen) atoms. The Morgan fingerprint density at radius 1 is 1.11 bits per heavy atom. The second-order valence-electron chi connectivity index (χ2n) is 5.63. The molecule has 7 heteroatoms. The largest absolute Gasteiger partial charge is 0.497 e. The lowest BCUT2D eigenvalue weighted by molar-refractivity contribution is -0.117. The molecular formula is C20H21BrN2O4. The second kappa shape index (κ2) is 10.5. The quantitative estimate of drug-likeness (QED) is 0.442. The van der Waals surface area contributed by atoms with Gasteiger partial charge in [0.15, 0.2) is 0 Å². The van der Waals surface area contributed by atoms with Crippen molar-refractivity contribution in [3.8, 4) is 5.75 Å². The predicted molar refractivity (Wildman–Crippen MR) is 107 cm³/mol. The van der Waals surface area contributed by atoms with Gasteiger partial charge in [0.2, 0.25) is 0 Å². The SMILES string of the molecule is COc1ccc(C=C(NC(=O)c2ccc(Br)cc2)C(=O)NCCCO)cc1. The van der Waals surface area contributed by atoms with E-state index in [4.69, 9.17) is 9.84 Å². The summed E-state index contributed by atoms with van der Waals surface area (Å²) >= 11 is 3.32. The maximum atomic E-state index is 12.5. The third-order valence-electron chi connectivity index (χ3n) is 3.65. The van der Waals surface area contributed by atoms with E-state index in [0.717, 1.165) is 10.0 Å². The highest BCUT2D eigenvalue weighted by atomic mass is 79.9. The Hall–Kier alpha value is -2.64. The fourth-order valence-corrected chi connectivity index (χ4v) is 2.46.